The van der Waals surface area contributed by atoms with Crippen LogP contribution >= 0.6 is 0 Å². The van der Waals surface area contributed by atoms with E-state index in [9.17, 15) is 0 Å². The molecule has 3 heterocycles. The minimum absolute atomic E-state index is 0.684. The fourth-order valence-corrected chi connectivity index (χ4v) is 2.20. The van der Waals surface area contributed by atoms with Crippen LogP contribution in [-0.4, -0.2) is 20.2 Å². The third-order valence-electron chi connectivity index (χ3n) is 3.17. The van der Waals surface area contributed by atoms with Crippen molar-refractivity contribution in [1.29, 1.82) is 0 Å². The van der Waals surface area contributed by atoms with Crippen LogP contribution in [0.3, 0.4) is 0 Å². The Hall–Kier alpha value is -2.95. The normalized spacial score (nSPS) is 11.0. The molecule has 3 aromatic heterocycles. The van der Waals surface area contributed by atoms with E-state index in [-0.39, 0.29) is 0 Å². The lowest BCUT2D eigenvalue weighted by Crippen LogP contribution is -1.95. The van der Waals surface area contributed by atoms with Crippen LogP contribution in [0.25, 0.3) is 21.9 Å². The number of benzene rings is 1. The molecule has 0 saturated carbocycles. The van der Waals surface area contributed by atoms with Crippen molar-refractivity contribution in [3.05, 3.63) is 54.7 Å². The van der Waals surface area contributed by atoms with Crippen LogP contribution in [-0.2, 0) is 0 Å². The average molecular weight is 261 g/mol. The van der Waals surface area contributed by atoms with Gasteiger partial charge in [0.15, 0.2) is 5.82 Å². The molecular formula is C15H11N5. The Morgan fingerprint density at radius 3 is 2.90 bits per heavy atom. The number of nitrogens with one attached hydrogen (secondary N) is 2. The summed E-state index contributed by atoms with van der Waals surface area (Å²) >= 11 is 0. The maximum Gasteiger partial charge on any atom is 0.179 e. The smallest absolute Gasteiger partial charge is 0.179 e. The SMILES string of the molecule is c1ccc2nc(Nc3n[nH]c4cccnc34)ccc2c1. The zero-order chi connectivity index (χ0) is 13.4. The number of anilines is 2. The van der Waals surface area contributed by atoms with Crippen LogP contribution in [0.4, 0.5) is 11.6 Å². The minimum Gasteiger partial charge on any atom is -0.322 e. The molecule has 0 spiro atoms. The molecule has 0 unspecified atom stereocenters. The molecule has 4 rings (SSSR count). The van der Waals surface area contributed by atoms with E-state index >= 15 is 0 Å². The van der Waals surface area contributed by atoms with E-state index < -0.39 is 0 Å². The van der Waals surface area contributed by atoms with Gasteiger partial charge in [-0.1, -0.05) is 18.2 Å². The zero-order valence-electron chi connectivity index (χ0n) is 10.5. The first kappa shape index (κ1) is 10.9. The van der Waals surface area contributed by atoms with Crippen LogP contribution in [0.2, 0.25) is 0 Å². The third kappa shape index (κ3) is 1.76. The molecule has 1 aromatic carbocycles. The second kappa shape index (κ2) is 4.31. The molecule has 0 aliphatic heterocycles. The molecule has 0 aliphatic carbocycles. The minimum atomic E-state index is 0.684. The van der Waals surface area contributed by atoms with Gasteiger partial charge < -0.3 is 5.32 Å². The van der Waals surface area contributed by atoms with Crippen molar-refractivity contribution >= 4 is 33.6 Å². The molecule has 0 bridgehead atoms. The van der Waals surface area contributed by atoms with Crippen molar-refractivity contribution in [1.82, 2.24) is 20.2 Å². The molecule has 0 saturated heterocycles. The van der Waals surface area contributed by atoms with Crippen molar-refractivity contribution in [3.8, 4) is 0 Å². The Balaban J connectivity index is 1.76. The summed E-state index contributed by atoms with van der Waals surface area (Å²) in [6.07, 6.45) is 1.75. The predicted molar refractivity (Wildman–Crippen MR) is 78.9 cm³/mol. The Morgan fingerprint density at radius 2 is 1.90 bits per heavy atom. The summed E-state index contributed by atoms with van der Waals surface area (Å²) in [6, 6.07) is 15.8. The second-order valence-corrected chi connectivity index (χ2v) is 4.49. The van der Waals surface area contributed by atoms with E-state index in [2.05, 4.69) is 25.5 Å². The van der Waals surface area contributed by atoms with Gasteiger partial charge >= 0.3 is 0 Å². The first-order valence-corrected chi connectivity index (χ1v) is 6.32. The standard InChI is InChI=1S/C15H11N5/c1-2-5-11-10(4-1)7-8-13(17-11)18-15-14-12(19-20-15)6-3-9-16-14/h1-9H,(H2,17,18,19,20). The predicted octanol–water partition coefficient (Wildman–Crippen LogP) is 3.25. The monoisotopic (exact) mass is 261 g/mol. The second-order valence-electron chi connectivity index (χ2n) is 4.49. The maximum absolute atomic E-state index is 4.56. The lowest BCUT2D eigenvalue weighted by atomic mass is 10.2. The molecule has 0 aliphatic rings. The molecule has 96 valence electrons. The summed E-state index contributed by atoms with van der Waals surface area (Å²) in [4.78, 5) is 8.88. The van der Waals surface area contributed by atoms with Crippen LogP contribution < -0.4 is 5.32 Å². The summed E-state index contributed by atoms with van der Waals surface area (Å²) in [7, 11) is 0. The number of rotatable bonds is 2. The number of nitrogens with zero attached hydrogens (tertiary/aromatic N) is 3. The van der Waals surface area contributed by atoms with Gasteiger partial charge in [-0.25, -0.2) is 4.98 Å². The highest BCUT2D eigenvalue weighted by Gasteiger charge is 2.07. The summed E-state index contributed by atoms with van der Waals surface area (Å²) in [5.41, 5.74) is 2.66. The maximum atomic E-state index is 4.56. The first-order chi connectivity index (χ1) is 9.90. The van der Waals surface area contributed by atoms with Crippen molar-refractivity contribution in [2.45, 2.75) is 0 Å². The van der Waals surface area contributed by atoms with Gasteiger partial charge in [0.1, 0.15) is 11.3 Å². The molecule has 0 radical (unpaired) electrons. The summed E-state index contributed by atoms with van der Waals surface area (Å²) in [5.74, 6) is 1.44. The highest BCUT2D eigenvalue weighted by atomic mass is 15.2. The highest BCUT2D eigenvalue weighted by Crippen LogP contribution is 2.22. The van der Waals surface area contributed by atoms with E-state index in [0.717, 1.165) is 27.8 Å². The summed E-state index contributed by atoms with van der Waals surface area (Å²) in [6.45, 7) is 0. The van der Waals surface area contributed by atoms with Gasteiger partial charge in [-0.15, -0.1) is 0 Å². The zero-order valence-corrected chi connectivity index (χ0v) is 10.5. The molecule has 5 heteroatoms. The number of hydrogen-bond acceptors (Lipinski definition) is 4. The highest BCUT2D eigenvalue weighted by molar-refractivity contribution is 5.88. The molecule has 2 N–H and O–H groups in total. The Morgan fingerprint density at radius 1 is 0.950 bits per heavy atom. The van der Waals surface area contributed by atoms with Crippen molar-refractivity contribution in [2.75, 3.05) is 5.32 Å². The number of fused-ring (bicyclic) bond motifs is 2. The van der Waals surface area contributed by atoms with Crippen LogP contribution in [0.15, 0.2) is 54.7 Å². The lowest BCUT2D eigenvalue weighted by Gasteiger charge is -2.04. The molecular weight excluding hydrogens is 250 g/mol. The molecule has 0 atom stereocenters. The number of H-pyrrole nitrogens is 1. The van der Waals surface area contributed by atoms with E-state index in [1.807, 2.05) is 48.5 Å². The van der Waals surface area contributed by atoms with Crippen molar-refractivity contribution in [3.63, 3.8) is 0 Å². The number of hydrogen-bond donors (Lipinski definition) is 2. The first-order valence-electron chi connectivity index (χ1n) is 6.32. The molecule has 5 nitrogen and oxygen atoms in total. The van der Waals surface area contributed by atoms with Crippen molar-refractivity contribution in [2.24, 2.45) is 0 Å². The molecule has 20 heavy (non-hydrogen) atoms. The molecule has 0 amide bonds. The van der Waals surface area contributed by atoms with Gasteiger partial charge in [-0.05, 0) is 30.3 Å². The van der Waals surface area contributed by atoms with E-state index in [0.29, 0.717) is 5.82 Å². The third-order valence-corrected chi connectivity index (χ3v) is 3.17. The number of para-hydroxylation sites is 1. The fraction of sp³-hybridized carbons (Fsp3) is 0. The van der Waals surface area contributed by atoms with Gasteiger partial charge in [-0.2, -0.15) is 5.10 Å². The van der Waals surface area contributed by atoms with E-state index in [1.165, 1.54) is 0 Å². The van der Waals surface area contributed by atoms with E-state index in [4.69, 9.17) is 0 Å². The Bertz CT molecular complexity index is 897. The molecule has 0 fully saturated rings. The van der Waals surface area contributed by atoms with Crippen molar-refractivity contribution < 1.29 is 0 Å². The average Bonchev–Trinajstić information content (AvgIpc) is 2.91. The fourth-order valence-electron chi connectivity index (χ4n) is 2.20. The Labute approximate surface area is 114 Å². The summed E-state index contributed by atoms with van der Waals surface area (Å²) in [5, 5.41) is 11.5. The van der Waals surface area contributed by atoms with Gasteiger partial charge in [0.2, 0.25) is 0 Å². The van der Waals surface area contributed by atoms with Gasteiger partial charge in [-0.3, -0.25) is 10.1 Å². The summed E-state index contributed by atoms with van der Waals surface area (Å²) < 4.78 is 0. The topological polar surface area (TPSA) is 66.5 Å². The number of aromatic nitrogens is 4. The van der Waals surface area contributed by atoms with Gasteiger partial charge in [0.05, 0.1) is 11.0 Å². The van der Waals surface area contributed by atoms with Crippen LogP contribution in [0, 0.1) is 0 Å². The Kier molecular flexibility index (Phi) is 2.35. The van der Waals surface area contributed by atoms with Gasteiger partial charge in [0, 0.05) is 11.6 Å². The lowest BCUT2D eigenvalue weighted by molar-refractivity contribution is 1.12. The van der Waals surface area contributed by atoms with Crippen LogP contribution in [0.1, 0.15) is 0 Å². The van der Waals surface area contributed by atoms with Gasteiger partial charge in [0.25, 0.3) is 0 Å². The molecule has 4 aromatic rings. The quantitative estimate of drug-likeness (QED) is 0.581. The number of pyridine rings is 2. The largest absolute Gasteiger partial charge is 0.322 e. The van der Waals surface area contributed by atoms with E-state index in [1.54, 1.807) is 6.20 Å². The van der Waals surface area contributed by atoms with Crippen LogP contribution in [0.5, 0.6) is 0 Å². The number of aromatic amines is 1.